The minimum Gasteiger partial charge on any atom is -0.479 e. The van der Waals surface area contributed by atoms with Gasteiger partial charge in [0.05, 0.1) is 11.5 Å². The monoisotopic (exact) mass is 297 g/mol. The molecule has 1 heterocycles. The van der Waals surface area contributed by atoms with Gasteiger partial charge in [-0.25, -0.2) is 9.18 Å². The molecule has 0 spiro atoms. The van der Waals surface area contributed by atoms with Gasteiger partial charge in [0.15, 0.2) is 0 Å². The van der Waals surface area contributed by atoms with Crippen LogP contribution in [0.2, 0.25) is 0 Å². The molecule has 0 aliphatic carbocycles. The topological polar surface area (TPSA) is 127 Å². The number of amides is 1. The highest BCUT2D eigenvalue weighted by atomic mass is 19.1. The minimum absolute atomic E-state index is 0.0365. The molecule has 0 saturated carbocycles. The van der Waals surface area contributed by atoms with Crippen LogP contribution in [0.4, 0.5) is 15.8 Å². The van der Waals surface area contributed by atoms with Crippen LogP contribution in [0.5, 0.6) is 0 Å². The summed E-state index contributed by atoms with van der Waals surface area (Å²) in [6, 6.07) is 3.49. The molecule has 21 heavy (non-hydrogen) atoms. The number of nitro groups is 1. The number of carboxylic acids is 1. The fraction of sp³-hybridized carbons (Fsp3) is 0.333. The second-order valence-electron chi connectivity index (χ2n) is 4.78. The Labute approximate surface area is 118 Å². The van der Waals surface area contributed by atoms with Crippen molar-refractivity contribution in [1.29, 1.82) is 0 Å². The lowest BCUT2D eigenvalue weighted by Gasteiger charge is -2.17. The van der Waals surface area contributed by atoms with Crippen molar-refractivity contribution < 1.29 is 24.0 Å². The molecule has 1 atom stereocenters. The number of hydrogen-bond acceptors (Lipinski definition) is 5. The molecule has 1 aliphatic heterocycles. The van der Waals surface area contributed by atoms with Crippen LogP contribution in [0.15, 0.2) is 18.2 Å². The standard InChI is InChI=1S/C12H12FN3O5/c13-12(11(18)19)3-4-15(6-12)10(17)7-1-2-8(14)9(5-7)16(20)21/h1-2,5H,3-4,6,14H2,(H,18,19). The Hall–Kier alpha value is -2.71. The summed E-state index contributed by atoms with van der Waals surface area (Å²) in [5.74, 6) is -2.29. The van der Waals surface area contributed by atoms with Gasteiger partial charge in [-0.15, -0.1) is 0 Å². The quantitative estimate of drug-likeness (QED) is 0.483. The van der Waals surface area contributed by atoms with Gasteiger partial charge in [-0.2, -0.15) is 0 Å². The second kappa shape index (κ2) is 5.00. The third kappa shape index (κ3) is 2.62. The van der Waals surface area contributed by atoms with Crippen molar-refractivity contribution >= 4 is 23.3 Å². The Kier molecular flexibility index (Phi) is 3.50. The first-order chi connectivity index (χ1) is 9.74. The number of benzene rings is 1. The highest BCUT2D eigenvalue weighted by Gasteiger charge is 2.47. The van der Waals surface area contributed by atoms with Gasteiger partial charge < -0.3 is 15.7 Å². The molecule has 1 fully saturated rings. The third-order valence-electron chi connectivity index (χ3n) is 3.36. The van der Waals surface area contributed by atoms with Gasteiger partial charge in [-0.05, 0) is 12.1 Å². The number of carbonyl (C=O) groups is 2. The highest BCUT2D eigenvalue weighted by Crippen LogP contribution is 2.29. The lowest BCUT2D eigenvalue weighted by molar-refractivity contribution is -0.383. The van der Waals surface area contributed by atoms with Gasteiger partial charge >= 0.3 is 5.97 Å². The maximum Gasteiger partial charge on any atom is 0.343 e. The maximum atomic E-state index is 13.9. The van der Waals surface area contributed by atoms with E-state index in [2.05, 4.69) is 0 Å². The van der Waals surface area contributed by atoms with Crippen molar-refractivity contribution in [2.24, 2.45) is 0 Å². The van der Waals surface area contributed by atoms with Crippen molar-refractivity contribution in [3.8, 4) is 0 Å². The fourth-order valence-electron chi connectivity index (χ4n) is 2.14. The van der Waals surface area contributed by atoms with Gasteiger partial charge in [0.1, 0.15) is 5.69 Å². The molecular formula is C12H12FN3O5. The number of nitrogens with zero attached hydrogens (tertiary/aromatic N) is 2. The van der Waals surface area contributed by atoms with Crippen LogP contribution in [-0.2, 0) is 4.79 Å². The molecule has 8 nitrogen and oxygen atoms in total. The molecule has 0 bridgehead atoms. The number of likely N-dealkylation sites (tertiary alicyclic amines) is 1. The molecule has 1 saturated heterocycles. The number of halogens is 1. The minimum atomic E-state index is -2.48. The Bertz CT molecular complexity index is 635. The zero-order chi connectivity index (χ0) is 15.8. The van der Waals surface area contributed by atoms with Crippen molar-refractivity contribution in [3.05, 3.63) is 33.9 Å². The highest BCUT2D eigenvalue weighted by molar-refractivity contribution is 5.96. The Morgan fingerprint density at radius 2 is 2.14 bits per heavy atom. The molecule has 3 N–H and O–H groups in total. The summed E-state index contributed by atoms with van der Waals surface area (Å²) in [6.07, 6.45) is -0.314. The molecule has 0 aromatic heterocycles. The van der Waals surface area contributed by atoms with Crippen LogP contribution in [-0.4, -0.2) is 45.6 Å². The summed E-state index contributed by atoms with van der Waals surface area (Å²) in [5.41, 5.74) is 2.39. The Morgan fingerprint density at radius 1 is 1.48 bits per heavy atom. The van der Waals surface area contributed by atoms with Crippen molar-refractivity contribution in [2.75, 3.05) is 18.8 Å². The van der Waals surface area contributed by atoms with E-state index in [1.165, 1.54) is 12.1 Å². The molecule has 2 rings (SSSR count). The first-order valence-electron chi connectivity index (χ1n) is 6.00. The van der Waals surface area contributed by atoms with Gasteiger partial charge in [-0.1, -0.05) is 0 Å². The SMILES string of the molecule is Nc1ccc(C(=O)N2CCC(F)(C(=O)O)C2)cc1[N+](=O)[O-]. The molecule has 1 aromatic carbocycles. The molecule has 0 radical (unpaired) electrons. The summed E-state index contributed by atoms with van der Waals surface area (Å²) in [7, 11) is 0. The maximum absolute atomic E-state index is 13.9. The lowest BCUT2D eigenvalue weighted by Crippen LogP contribution is -2.38. The van der Waals surface area contributed by atoms with Crippen LogP contribution in [0.3, 0.4) is 0 Å². The fourth-order valence-corrected chi connectivity index (χ4v) is 2.14. The number of carboxylic acid groups (broad SMARTS) is 1. The number of rotatable bonds is 3. The number of nitrogen functional groups attached to an aromatic ring is 1. The Balaban J connectivity index is 2.24. The number of nitrogens with two attached hydrogens (primary N) is 1. The number of nitro benzene ring substituents is 1. The van der Waals surface area contributed by atoms with Crippen LogP contribution in [0.1, 0.15) is 16.8 Å². The average Bonchev–Trinajstić information content (AvgIpc) is 2.82. The van der Waals surface area contributed by atoms with E-state index in [0.29, 0.717) is 0 Å². The van der Waals surface area contributed by atoms with E-state index in [1.54, 1.807) is 0 Å². The first kappa shape index (κ1) is 14.7. The van der Waals surface area contributed by atoms with E-state index in [4.69, 9.17) is 10.8 Å². The number of anilines is 1. The number of aliphatic carboxylic acids is 1. The van der Waals surface area contributed by atoms with E-state index in [1.807, 2.05) is 0 Å². The smallest absolute Gasteiger partial charge is 0.343 e. The summed E-state index contributed by atoms with van der Waals surface area (Å²) in [5, 5.41) is 19.6. The number of carbonyl (C=O) groups excluding carboxylic acids is 1. The van der Waals surface area contributed by atoms with Crippen molar-refractivity contribution in [3.63, 3.8) is 0 Å². The second-order valence-corrected chi connectivity index (χ2v) is 4.78. The van der Waals surface area contributed by atoms with Gasteiger partial charge in [0.25, 0.3) is 11.6 Å². The van der Waals surface area contributed by atoms with Gasteiger partial charge in [0, 0.05) is 24.6 Å². The molecule has 1 aromatic rings. The van der Waals surface area contributed by atoms with Gasteiger partial charge in [-0.3, -0.25) is 14.9 Å². The van der Waals surface area contributed by atoms with E-state index in [9.17, 15) is 24.1 Å². The van der Waals surface area contributed by atoms with E-state index in [-0.39, 0.29) is 24.2 Å². The molecule has 1 amide bonds. The average molecular weight is 297 g/mol. The Morgan fingerprint density at radius 3 is 2.67 bits per heavy atom. The van der Waals surface area contributed by atoms with E-state index >= 15 is 0 Å². The first-order valence-corrected chi connectivity index (χ1v) is 6.00. The zero-order valence-corrected chi connectivity index (χ0v) is 10.8. The molecule has 1 aliphatic rings. The largest absolute Gasteiger partial charge is 0.479 e. The molecular weight excluding hydrogens is 285 g/mol. The van der Waals surface area contributed by atoms with Crippen LogP contribution in [0.25, 0.3) is 0 Å². The summed E-state index contributed by atoms with van der Waals surface area (Å²) >= 11 is 0. The van der Waals surface area contributed by atoms with Gasteiger partial charge in [0.2, 0.25) is 5.67 Å². The normalized spacial score (nSPS) is 21.3. The third-order valence-corrected chi connectivity index (χ3v) is 3.36. The molecule has 1 unspecified atom stereocenters. The zero-order valence-electron chi connectivity index (χ0n) is 10.8. The van der Waals surface area contributed by atoms with Crippen LogP contribution < -0.4 is 5.73 Å². The summed E-state index contributed by atoms with van der Waals surface area (Å²) in [4.78, 5) is 34.0. The van der Waals surface area contributed by atoms with E-state index in [0.717, 1.165) is 11.0 Å². The summed E-state index contributed by atoms with van der Waals surface area (Å²) in [6.45, 7) is -0.654. The van der Waals surface area contributed by atoms with E-state index < -0.39 is 34.7 Å². The predicted molar refractivity (Wildman–Crippen MR) is 69.5 cm³/mol. The van der Waals surface area contributed by atoms with Crippen LogP contribution >= 0.6 is 0 Å². The van der Waals surface area contributed by atoms with Crippen molar-refractivity contribution in [2.45, 2.75) is 12.1 Å². The predicted octanol–water partition coefficient (Wildman–Crippen LogP) is 0.816. The number of alkyl halides is 1. The lowest BCUT2D eigenvalue weighted by atomic mass is 10.1. The van der Waals surface area contributed by atoms with Crippen LogP contribution in [0, 0.1) is 10.1 Å². The molecule has 9 heteroatoms. The number of hydrogen-bond donors (Lipinski definition) is 2. The molecule has 112 valence electrons. The summed E-state index contributed by atoms with van der Waals surface area (Å²) < 4.78 is 13.9. The van der Waals surface area contributed by atoms with Crippen molar-refractivity contribution in [1.82, 2.24) is 4.90 Å².